The molecule has 4 nitrogen and oxygen atoms in total. The van der Waals surface area contributed by atoms with E-state index < -0.39 is 0 Å². The number of amides is 1. The highest BCUT2D eigenvalue weighted by Gasteiger charge is 2.17. The van der Waals surface area contributed by atoms with Crippen molar-refractivity contribution in [2.24, 2.45) is 0 Å². The maximum Gasteiger partial charge on any atom is 0.263 e. The first-order chi connectivity index (χ1) is 10.0. The monoisotopic (exact) mass is 304 g/mol. The van der Waals surface area contributed by atoms with E-state index in [9.17, 15) is 4.79 Å². The van der Waals surface area contributed by atoms with Gasteiger partial charge in [0, 0.05) is 11.6 Å². The molecule has 0 saturated carbocycles. The Bertz CT molecular complexity index is 620. The Balaban J connectivity index is 2.23. The van der Waals surface area contributed by atoms with Gasteiger partial charge < -0.3 is 10.4 Å². The number of hydrogen-bond acceptors (Lipinski definition) is 4. The second-order valence-corrected chi connectivity index (χ2v) is 6.04. The van der Waals surface area contributed by atoms with Crippen LogP contribution in [0.25, 0.3) is 10.6 Å². The molecule has 1 heterocycles. The lowest BCUT2D eigenvalue weighted by molar-refractivity contribution is 0.0925. The first-order valence-corrected chi connectivity index (χ1v) is 7.85. The number of thiazole rings is 1. The third-order valence-electron chi connectivity index (χ3n) is 3.26. The summed E-state index contributed by atoms with van der Waals surface area (Å²) in [5.74, 6) is -0.178. The van der Waals surface area contributed by atoms with E-state index in [1.807, 2.05) is 19.1 Å². The zero-order valence-corrected chi connectivity index (χ0v) is 13.3. The topological polar surface area (TPSA) is 62.2 Å². The van der Waals surface area contributed by atoms with Gasteiger partial charge in [0.05, 0.1) is 12.3 Å². The first kappa shape index (κ1) is 15.7. The molecule has 2 rings (SSSR count). The van der Waals surface area contributed by atoms with Crippen molar-refractivity contribution in [3.8, 4) is 10.6 Å². The Hall–Kier alpha value is -1.72. The van der Waals surface area contributed by atoms with Gasteiger partial charge in [-0.15, -0.1) is 11.3 Å². The number of aryl methyl sites for hydroxylation is 2. The van der Waals surface area contributed by atoms with Crippen molar-refractivity contribution in [1.29, 1.82) is 0 Å². The number of aliphatic hydroxyl groups is 1. The maximum absolute atomic E-state index is 12.1. The van der Waals surface area contributed by atoms with Gasteiger partial charge in [0.15, 0.2) is 0 Å². The Morgan fingerprint density at radius 2 is 2.05 bits per heavy atom. The van der Waals surface area contributed by atoms with Crippen molar-refractivity contribution in [3.63, 3.8) is 0 Å². The number of nitrogens with one attached hydrogen (secondary N) is 1. The summed E-state index contributed by atoms with van der Waals surface area (Å²) in [4.78, 5) is 17.2. The highest BCUT2D eigenvalue weighted by Crippen LogP contribution is 2.28. The Labute approximate surface area is 128 Å². The van der Waals surface area contributed by atoms with Crippen LogP contribution < -0.4 is 5.32 Å². The summed E-state index contributed by atoms with van der Waals surface area (Å²) in [5.41, 5.74) is 3.02. The molecule has 2 aromatic rings. The summed E-state index contributed by atoms with van der Waals surface area (Å²) in [5, 5.41) is 12.6. The molecule has 1 aromatic carbocycles. The van der Waals surface area contributed by atoms with E-state index in [2.05, 4.69) is 29.4 Å². The fourth-order valence-electron chi connectivity index (χ4n) is 1.95. The highest BCUT2D eigenvalue weighted by atomic mass is 32.1. The van der Waals surface area contributed by atoms with Gasteiger partial charge in [-0.05, 0) is 25.8 Å². The van der Waals surface area contributed by atoms with Crippen molar-refractivity contribution in [1.82, 2.24) is 10.3 Å². The highest BCUT2D eigenvalue weighted by molar-refractivity contribution is 7.17. The largest absolute Gasteiger partial charge is 0.394 e. The predicted octanol–water partition coefficient (Wildman–Crippen LogP) is 2.79. The molecule has 5 heteroatoms. The van der Waals surface area contributed by atoms with Crippen molar-refractivity contribution in [3.05, 3.63) is 40.4 Å². The molecule has 112 valence electrons. The lowest BCUT2D eigenvalue weighted by Crippen LogP contribution is -2.34. The lowest BCUT2D eigenvalue weighted by atomic mass is 10.1. The predicted molar refractivity (Wildman–Crippen MR) is 85.7 cm³/mol. The van der Waals surface area contributed by atoms with Crippen LogP contribution in [0.5, 0.6) is 0 Å². The van der Waals surface area contributed by atoms with Gasteiger partial charge in [-0.2, -0.15) is 0 Å². The molecule has 0 aliphatic carbocycles. The third kappa shape index (κ3) is 3.68. The second kappa shape index (κ2) is 6.83. The fourth-order valence-corrected chi connectivity index (χ4v) is 2.92. The number of carbonyl (C=O) groups excluding carboxylic acids is 1. The quantitative estimate of drug-likeness (QED) is 0.893. The zero-order valence-electron chi connectivity index (χ0n) is 12.5. The van der Waals surface area contributed by atoms with Crippen LogP contribution in [0.1, 0.15) is 34.8 Å². The smallest absolute Gasteiger partial charge is 0.263 e. The summed E-state index contributed by atoms with van der Waals surface area (Å²) in [7, 11) is 0. The molecule has 1 amide bonds. The number of carbonyl (C=O) groups is 1. The van der Waals surface area contributed by atoms with E-state index in [0.29, 0.717) is 4.88 Å². The molecule has 0 fully saturated rings. The molecule has 21 heavy (non-hydrogen) atoms. The van der Waals surface area contributed by atoms with Crippen LogP contribution in [0.2, 0.25) is 0 Å². The summed E-state index contributed by atoms with van der Waals surface area (Å²) >= 11 is 1.38. The van der Waals surface area contributed by atoms with Gasteiger partial charge in [0.25, 0.3) is 5.91 Å². The minimum atomic E-state index is -0.258. The molecule has 0 aliphatic rings. The molecule has 0 saturated heterocycles. The zero-order chi connectivity index (χ0) is 15.4. The molecular weight excluding hydrogens is 284 g/mol. The van der Waals surface area contributed by atoms with E-state index in [4.69, 9.17) is 5.11 Å². The molecule has 1 atom stereocenters. The van der Waals surface area contributed by atoms with Crippen LogP contribution in [0.15, 0.2) is 24.3 Å². The fraction of sp³-hybridized carbons (Fsp3) is 0.375. The number of rotatable bonds is 5. The van der Waals surface area contributed by atoms with Gasteiger partial charge in [-0.1, -0.05) is 31.2 Å². The van der Waals surface area contributed by atoms with Gasteiger partial charge in [0.2, 0.25) is 0 Å². The molecule has 0 radical (unpaired) electrons. The van der Waals surface area contributed by atoms with E-state index in [1.54, 1.807) is 6.92 Å². The minimum Gasteiger partial charge on any atom is -0.394 e. The number of aromatic nitrogens is 1. The van der Waals surface area contributed by atoms with Gasteiger partial charge in [-0.3, -0.25) is 4.79 Å². The van der Waals surface area contributed by atoms with Crippen LogP contribution in [-0.4, -0.2) is 28.6 Å². The Morgan fingerprint density at radius 1 is 1.38 bits per heavy atom. The van der Waals surface area contributed by atoms with Crippen molar-refractivity contribution >= 4 is 17.2 Å². The standard InChI is InChI=1S/C16H20N2O2S/c1-4-12-5-7-13(8-6-12)16-18-11(3)14(21-16)15(20)17-10(2)9-19/h5-8,10,19H,4,9H2,1-3H3,(H,17,20). The average molecular weight is 304 g/mol. The summed E-state index contributed by atoms with van der Waals surface area (Å²) in [6.07, 6.45) is 1.00. The van der Waals surface area contributed by atoms with Crippen LogP contribution >= 0.6 is 11.3 Å². The van der Waals surface area contributed by atoms with Crippen molar-refractivity contribution in [2.75, 3.05) is 6.61 Å². The van der Waals surface area contributed by atoms with Gasteiger partial charge >= 0.3 is 0 Å². The minimum absolute atomic E-state index is 0.0745. The Kier molecular flexibility index (Phi) is 5.09. The average Bonchev–Trinajstić information content (AvgIpc) is 2.89. The molecule has 1 aromatic heterocycles. The van der Waals surface area contributed by atoms with Gasteiger partial charge in [-0.25, -0.2) is 4.98 Å². The SMILES string of the molecule is CCc1ccc(-c2nc(C)c(C(=O)NC(C)CO)s2)cc1. The number of nitrogens with zero attached hydrogens (tertiary/aromatic N) is 1. The number of benzene rings is 1. The molecule has 0 spiro atoms. The van der Waals surface area contributed by atoms with Crippen LogP contribution in [-0.2, 0) is 6.42 Å². The molecule has 0 aliphatic heterocycles. The second-order valence-electron chi connectivity index (χ2n) is 5.04. The summed E-state index contributed by atoms with van der Waals surface area (Å²) in [6.45, 7) is 5.64. The van der Waals surface area contributed by atoms with E-state index in [-0.39, 0.29) is 18.6 Å². The molecule has 2 N–H and O–H groups in total. The lowest BCUT2D eigenvalue weighted by Gasteiger charge is -2.09. The number of hydrogen-bond donors (Lipinski definition) is 2. The van der Waals surface area contributed by atoms with E-state index >= 15 is 0 Å². The Morgan fingerprint density at radius 3 is 2.62 bits per heavy atom. The van der Waals surface area contributed by atoms with Crippen molar-refractivity contribution in [2.45, 2.75) is 33.2 Å². The van der Waals surface area contributed by atoms with Gasteiger partial charge in [0.1, 0.15) is 9.88 Å². The maximum atomic E-state index is 12.1. The normalized spacial score (nSPS) is 12.2. The molecule has 1 unspecified atom stereocenters. The van der Waals surface area contributed by atoms with E-state index in [1.165, 1.54) is 16.9 Å². The summed E-state index contributed by atoms with van der Waals surface area (Å²) in [6, 6.07) is 7.98. The van der Waals surface area contributed by atoms with Crippen LogP contribution in [0.4, 0.5) is 0 Å². The first-order valence-electron chi connectivity index (χ1n) is 7.03. The number of aliphatic hydroxyl groups excluding tert-OH is 1. The summed E-state index contributed by atoms with van der Waals surface area (Å²) < 4.78 is 0. The van der Waals surface area contributed by atoms with E-state index in [0.717, 1.165) is 22.7 Å². The van der Waals surface area contributed by atoms with Crippen LogP contribution in [0.3, 0.4) is 0 Å². The molecule has 0 bridgehead atoms. The van der Waals surface area contributed by atoms with Crippen molar-refractivity contribution < 1.29 is 9.90 Å². The molecular formula is C16H20N2O2S. The third-order valence-corrected chi connectivity index (χ3v) is 4.47. The van der Waals surface area contributed by atoms with Crippen LogP contribution in [0, 0.1) is 6.92 Å².